The molecule has 0 aromatic carbocycles. The number of fused-ring (bicyclic) bond motifs is 1. The monoisotopic (exact) mass is 385 g/mol. The van der Waals surface area contributed by atoms with Crippen LogP contribution in [-0.2, 0) is 25.2 Å². The van der Waals surface area contributed by atoms with Gasteiger partial charge in [-0.3, -0.25) is 0 Å². The summed E-state index contributed by atoms with van der Waals surface area (Å²) in [5, 5.41) is 13.3. The average molecular weight is 384 g/mol. The van der Waals surface area contributed by atoms with Crippen LogP contribution in [0.1, 0.15) is 20.3 Å². The summed E-state index contributed by atoms with van der Waals surface area (Å²) >= 11 is 0. The van der Waals surface area contributed by atoms with E-state index in [0.717, 1.165) is 13.0 Å². The van der Waals surface area contributed by atoms with E-state index >= 15 is 0 Å². The number of ether oxygens (including phenoxy) is 1. The molecule has 4 heteroatoms. The molecule has 2 aliphatic rings. The van der Waals surface area contributed by atoms with E-state index in [2.05, 4.69) is 11.4 Å². The Labute approximate surface area is 106 Å². The van der Waals surface area contributed by atoms with Gasteiger partial charge in [-0.2, -0.15) is 0 Å². The molecule has 89 valence electrons. The van der Waals surface area contributed by atoms with E-state index in [4.69, 9.17) is 9.84 Å². The smallest absolute Gasteiger partial charge is 0.0650 e. The predicted molar refractivity (Wildman–Crippen MR) is 57.4 cm³/mol. The number of rotatable bonds is 1. The quantitative estimate of drug-likeness (QED) is 0.700. The summed E-state index contributed by atoms with van der Waals surface area (Å²) < 4.78 is 5.59. The van der Waals surface area contributed by atoms with Gasteiger partial charge in [-0.1, -0.05) is 32.0 Å². The molecule has 0 aromatic rings. The SMILES string of the molecule is CC.OCC1[N-]CC2CC=CCOC21.[Re]. The molecule has 1 N–H and O–H groups in total. The van der Waals surface area contributed by atoms with Crippen LogP contribution in [0.4, 0.5) is 0 Å². The number of hydrogen-bond donors (Lipinski definition) is 1. The largest absolute Gasteiger partial charge is 0.655 e. The first-order chi connectivity index (χ1) is 6.92. The van der Waals surface area contributed by atoms with Crippen molar-refractivity contribution in [1.82, 2.24) is 0 Å². The average Bonchev–Trinajstić information content (AvgIpc) is 2.49. The van der Waals surface area contributed by atoms with Crippen molar-refractivity contribution in [2.45, 2.75) is 32.4 Å². The van der Waals surface area contributed by atoms with Gasteiger partial charge in [0.1, 0.15) is 0 Å². The molecule has 3 unspecified atom stereocenters. The van der Waals surface area contributed by atoms with Gasteiger partial charge in [0.05, 0.1) is 6.61 Å². The molecule has 2 heterocycles. The molecule has 3 nitrogen and oxygen atoms in total. The standard InChI is InChI=1S/C9H14NO2.C2H6.Re/c11-6-8-9-7(5-10-8)3-1-2-4-12-9;1-2;/h1-2,7-9,11H,3-6H2;1-2H3;/q-1;;. The van der Waals surface area contributed by atoms with E-state index in [0.29, 0.717) is 12.5 Å². The molecule has 2 aliphatic heterocycles. The second-order valence-corrected chi connectivity index (χ2v) is 3.38. The van der Waals surface area contributed by atoms with Crippen molar-refractivity contribution in [2.75, 3.05) is 19.8 Å². The minimum Gasteiger partial charge on any atom is -0.655 e. The molecule has 0 aromatic heterocycles. The van der Waals surface area contributed by atoms with Crippen LogP contribution in [-0.4, -0.2) is 37.0 Å². The van der Waals surface area contributed by atoms with Crippen molar-refractivity contribution >= 4 is 0 Å². The van der Waals surface area contributed by atoms with Crippen LogP contribution in [0.15, 0.2) is 12.2 Å². The van der Waals surface area contributed by atoms with E-state index in [1.165, 1.54) is 0 Å². The third kappa shape index (κ3) is 3.97. The molecular formula is C11H20NO2Re-. The molecule has 3 atom stereocenters. The van der Waals surface area contributed by atoms with E-state index < -0.39 is 0 Å². The minimum absolute atomic E-state index is 0. The van der Waals surface area contributed by atoms with Gasteiger partial charge >= 0.3 is 0 Å². The molecule has 0 amide bonds. The first-order valence-corrected chi connectivity index (χ1v) is 5.46. The Kier molecular flexibility index (Phi) is 8.59. The zero-order valence-corrected chi connectivity index (χ0v) is 12.1. The van der Waals surface area contributed by atoms with E-state index in [-0.39, 0.29) is 39.2 Å². The molecular weight excluding hydrogens is 364 g/mol. The maximum atomic E-state index is 9.00. The number of aliphatic hydroxyl groups excluding tert-OH is 1. The minimum atomic E-state index is 0. The first-order valence-electron chi connectivity index (χ1n) is 5.46. The molecule has 0 spiro atoms. The maximum Gasteiger partial charge on any atom is 0.0650 e. The fourth-order valence-corrected chi connectivity index (χ4v) is 1.92. The normalized spacial score (nSPS) is 33.1. The van der Waals surface area contributed by atoms with Gasteiger partial charge in [-0.05, 0) is 12.3 Å². The summed E-state index contributed by atoms with van der Waals surface area (Å²) in [5.41, 5.74) is 0. The number of nitrogens with zero attached hydrogens (tertiary/aromatic N) is 1. The molecule has 2 rings (SSSR count). The van der Waals surface area contributed by atoms with E-state index in [1.54, 1.807) is 0 Å². The Bertz CT molecular complexity index is 187. The Balaban J connectivity index is 0.000000617. The molecule has 15 heavy (non-hydrogen) atoms. The summed E-state index contributed by atoms with van der Waals surface area (Å²) in [4.78, 5) is 0. The summed E-state index contributed by atoms with van der Waals surface area (Å²) in [6.07, 6.45) is 5.40. The van der Waals surface area contributed by atoms with Crippen molar-refractivity contribution in [2.24, 2.45) is 5.92 Å². The van der Waals surface area contributed by atoms with E-state index in [9.17, 15) is 0 Å². The Morgan fingerprint density at radius 3 is 2.80 bits per heavy atom. The number of aliphatic hydroxyl groups is 1. The number of allylic oxidation sites excluding steroid dienone is 1. The first kappa shape index (κ1) is 15.3. The molecule has 1 radical (unpaired) electrons. The zero-order chi connectivity index (χ0) is 10.4. The molecule has 0 saturated carbocycles. The Morgan fingerprint density at radius 1 is 1.40 bits per heavy atom. The van der Waals surface area contributed by atoms with Crippen molar-refractivity contribution in [3.05, 3.63) is 17.5 Å². The van der Waals surface area contributed by atoms with Crippen molar-refractivity contribution in [3.63, 3.8) is 0 Å². The van der Waals surface area contributed by atoms with Crippen LogP contribution in [0.2, 0.25) is 0 Å². The van der Waals surface area contributed by atoms with E-state index in [1.807, 2.05) is 19.9 Å². The summed E-state index contributed by atoms with van der Waals surface area (Å²) in [7, 11) is 0. The topological polar surface area (TPSA) is 43.6 Å². The van der Waals surface area contributed by atoms with Crippen LogP contribution < -0.4 is 0 Å². The predicted octanol–water partition coefficient (Wildman–Crippen LogP) is 1.72. The van der Waals surface area contributed by atoms with Crippen molar-refractivity contribution < 1.29 is 30.3 Å². The van der Waals surface area contributed by atoms with Crippen molar-refractivity contribution in [3.8, 4) is 0 Å². The van der Waals surface area contributed by atoms with Gasteiger partial charge in [0, 0.05) is 33.1 Å². The van der Waals surface area contributed by atoms with Gasteiger partial charge < -0.3 is 15.2 Å². The van der Waals surface area contributed by atoms with Gasteiger partial charge in [0.2, 0.25) is 0 Å². The third-order valence-corrected chi connectivity index (χ3v) is 2.60. The third-order valence-electron chi connectivity index (χ3n) is 2.60. The summed E-state index contributed by atoms with van der Waals surface area (Å²) in [6.45, 7) is 5.65. The van der Waals surface area contributed by atoms with Crippen LogP contribution in [0.25, 0.3) is 5.32 Å². The van der Waals surface area contributed by atoms with Crippen LogP contribution in [0.3, 0.4) is 0 Å². The Hall–Kier alpha value is 0.282. The second-order valence-electron chi connectivity index (χ2n) is 3.38. The maximum absolute atomic E-state index is 9.00. The van der Waals surface area contributed by atoms with Crippen LogP contribution >= 0.6 is 0 Å². The fraction of sp³-hybridized carbons (Fsp3) is 0.818. The summed E-state index contributed by atoms with van der Waals surface area (Å²) in [6, 6.07) is 0.0231. The Morgan fingerprint density at radius 2 is 2.13 bits per heavy atom. The molecule has 1 fully saturated rings. The van der Waals surface area contributed by atoms with Crippen LogP contribution in [0.5, 0.6) is 0 Å². The zero-order valence-electron chi connectivity index (χ0n) is 9.40. The van der Waals surface area contributed by atoms with Gasteiger partial charge in [-0.15, -0.1) is 6.54 Å². The molecule has 1 saturated heterocycles. The van der Waals surface area contributed by atoms with Gasteiger partial charge in [-0.25, -0.2) is 0 Å². The molecule has 0 aliphatic carbocycles. The molecule has 0 bridgehead atoms. The van der Waals surface area contributed by atoms with Gasteiger partial charge in [0.25, 0.3) is 0 Å². The summed E-state index contributed by atoms with van der Waals surface area (Å²) in [5.74, 6) is 0.501. The fourth-order valence-electron chi connectivity index (χ4n) is 1.92. The van der Waals surface area contributed by atoms with Gasteiger partial charge in [0.15, 0.2) is 0 Å². The van der Waals surface area contributed by atoms with Crippen molar-refractivity contribution in [1.29, 1.82) is 0 Å². The number of hydrogen-bond acceptors (Lipinski definition) is 2. The van der Waals surface area contributed by atoms with Crippen LogP contribution in [0, 0.1) is 5.92 Å². The second kappa shape index (κ2) is 8.44.